The molecule has 1 aliphatic carbocycles. The molecule has 1 heterocycles. The second kappa shape index (κ2) is 3.02. The van der Waals surface area contributed by atoms with Crippen LogP contribution in [0.1, 0.15) is 32.5 Å². The summed E-state index contributed by atoms with van der Waals surface area (Å²) in [5.41, 5.74) is -0.816. The minimum Gasteiger partial charge on any atom is -0.382 e. The van der Waals surface area contributed by atoms with Crippen molar-refractivity contribution in [3.63, 3.8) is 0 Å². The molecular formula is C9H16N4O. The van der Waals surface area contributed by atoms with E-state index in [0.717, 1.165) is 12.8 Å². The van der Waals surface area contributed by atoms with Gasteiger partial charge in [-0.2, -0.15) is 4.80 Å². The van der Waals surface area contributed by atoms with Crippen LogP contribution in [0.4, 0.5) is 0 Å². The number of nitrogens with zero attached hydrogens (tertiary/aromatic N) is 4. The van der Waals surface area contributed by atoms with Crippen molar-refractivity contribution in [2.45, 2.75) is 32.3 Å². The van der Waals surface area contributed by atoms with Gasteiger partial charge in [0, 0.05) is 0 Å². The van der Waals surface area contributed by atoms with E-state index in [1.807, 2.05) is 0 Å². The Labute approximate surface area is 83.1 Å². The highest BCUT2D eigenvalue weighted by Gasteiger charge is 2.48. The summed E-state index contributed by atoms with van der Waals surface area (Å²) in [4.78, 5) is 1.38. The normalized spacial score (nSPS) is 31.9. The van der Waals surface area contributed by atoms with Crippen molar-refractivity contribution in [1.82, 2.24) is 20.2 Å². The van der Waals surface area contributed by atoms with Gasteiger partial charge in [-0.05, 0) is 29.9 Å². The van der Waals surface area contributed by atoms with Crippen LogP contribution in [0.2, 0.25) is 0 Å². The summed E-state index contributed by atoms with van der Waals surface area (Å²) in [5, 5.41) is 21.8. The molecule has 0 saturated heterocycles. The van der Waals surface area contributed by atoms with Crippen LogP contribution >= 0.6 is 0 Å². The Morgan fingerprint density at radius 1 is 1.50 bits per heavy atom. The molecule has 5 nitrogen and oxygen atoms in total. The van der Waals surface area contributed by atoms with E-state index in [1.165, 1.54) is 4.80 Å². The van der Waals surface area contributed by atoms with E-state index in [1.54, 1.807) is 7.05 Å². The summed E-state index contributed by atoms with van der Waals surface area (Å²) in [7, 11) is 1.71. The van der Waals surface area contributed by atoms with Crippen LogP contribution in [0.3, 0.4) is 0 Å². The predicted molar refractivity (Wildman–Crippen MR) is 50.3 cm³/mol. The lowest BCUT2D eigenvalue weighted by Gasteiger charge is -2.43. The highest BCUT2D eigenvalue weighted by atomic mass is 16.3. The molecule has 1 aromatic rings. The minimum absolute atomic E-state index is 0.469. The van der Waals surface area contributed by atoms with Crippen LogP contribution in [0.5, 0.6) is 0 Å². The van der Waals surface area contributed by atoms with Crippen LogP contribution < -0.4 is 0 Å². The van der Waals surface area contributed by atoms with Gasteiger partial charge in [-0.1, -0.05) is 13.8 Å². The third kappa shape index (κ3) is 1.41. The highest BCUT2D eigenvalue weighted by molar-refractivity contribution is 5.06. The molecule has 1 N–H and O–H groups in total. The number of rotatable bonds is 2. The second-order valence-electron chi connectivity index (χ2n) is 4.55. The van der Waals surface area contributed by atoms with Crippen molar-refractivity contribution in [1.29, 1.82) is 0 Å². The number of aliphatic hydroxyl groups is 1. The molecule has 0 spiro atoms. The Bertz CT molecular complexity index is 327. The molecule has 14 heavy (non-hydrogen) atoms. The van der Waals surface area contributed by atoms with Gasteiger partial charge in [0.05, 0.1) is 7.05 Å². The summed E-state index contributed by atoms with van der Waals surface area (Å²) in [6, 6.07) is 0. The molecular weight excluding hydrogens is 180 g/mol. The van der Waals surface area contributed by atoms with E-state index in [-0.39, 0.29) is 0 Å². The Morgan fingerprint density at radius 3 is 2.57 bits per heavy atom. The largest absolute Gasteiger partial charge is 0.382 e. The van der Waals surface area contributed by atoms with Crippen LogP contribution in [-0.4, -0.2) is 25.3 Å². The molecule has 5 heteroatoms. The smallest absolute Gasteiger partial charge is 0.206 e. The molecule has 1 fully saturated rings. The zero-order chi connectivity index (χ0) is 10.3. The van der Waals surface area contributed by atoms with Crippen molar-refractivity contribution in [2.75, 3.05) is 0 Å². The number of tetrazole rings is 1. The second-order valence-corrected chi connectivity index (χ2v) is 4.55. The lowest BCUT2D eigenvalue weighted by atomic mass is 9.66. The van der Waals surface area contributed by atoms with Crippen molar-refractivity contribution < 1.29 is 5.11 Å². The van der Waals surface area contributed by atoms with E-state index in [2.05, 4.69) is 29.3 Å². The fraction of sp³-hybridized carbons (Fsp3) is 0.889. The van der Waals surface area contributed by atoms with Gasteiger partial charge < -0.3 is 5.11 Å². The molecule has 0 bridgehead atoms. The summed E-state index contributed by atoms with van der Waals surface area (Å²) in [6.45, 7) is 4.35. The fourth-order valence-corrected chi connectivity index (χ4v) is 1.93. The Hall–Kier alpha value is -0.970. The van der Waals surface area contributed by atoms with Gasteiger partial charge in [-0.25, -0.2) is 0 Å². The quantitative estimate of drug-likeness (QED) is 0.746. The van der Waals surface area contributed by atoms with E-state index < -0.39 is 5.60 Å². The molecule has 1 saturated carbocycles. The molecule has 0 radical (unpaired) electrons. The number of aromatic nitrogens is 4. The maximum Gasteiger partial charge on any atom is 0.206 e. The minimum atomic E-state index is -0.816. The Morgan fingerprint density at radius 2 is 2.14 bits per heavy atom. The number of aryl methyl sites for hydroxylation is 1. The van der Waals surface area contributed by atoms with Crippen molar-refractivity contribution in [3.8, 4) is 0 Å². The first kappa shape index (κ1) is 9.58. The van der Waals surface area contributed by atoms with Crippen LogP contribution in [-0.2, 0) is 12.6 Å². The van der Waals surface area contributed by atoms with Gasteiger partial charge in [-0.15, -0.1) is 10.2 Å². The van der Waals surface area contributed by atoms with Gasteiger partial charge in [0.1, 0.15) is 5.60 Å². The van der Waals surface area contributed by atoms with Crippen molar-refractivity contribution in [3.05, 3.63) is 5.82 Å². The van der Waals surface area contributed by atoms with Crippen LogP contribution in [0.25, 0.3) is 0 Å². The number of hydrogen-bond donors (Lipinski definition) is 1. The van der Waals surface area contributed by atoms with Gasteiger partial charge >= 0.3 is 0 Å². The third-order valence-corrected chi connectivity index (χ3v) is 3.07. The molecule has 0 amide bonds. The van der Waals surface area contributed by atoms with Crippen LogP contribution in [0, 0.1) is 11.8 Å². The first-order valence-electron chi connectivity index (χ1n) is 4.98. The van der Waals surface area contributed by atoms with Gasteiger partial charge in [0.15, 0.2) is 0 Å². The molecule has 2 rings (SSSR count). The Balaban J connectivity index is 2.07. The topological polar surface area (TPSA) is 63.8 Å². The molecule has 0 aliphatic heterocycles. The average Bonchev–Trinajstić information content (AvgIpc) is 2.45. The predicted octanol–water partition coefficient (Wildman–Crippen LogP) is 0.464. The highest BCUT2D eigenvalue weighted by Crippen LogP contribution is 2.47. The van der Waals surface area contributed by atoms with E-state index >= 15 is 0 Å². The van der Waals surface area contributed by atoms with Crippen molar-refractivity contribution in [2.24, 2.45) is 18.9 Å². The maximum absolute atomic E-state index is 10.1. The molecule has 0 atom stereocenters. The summed E-state index contributed by atoms with van der Waals surface area (Å²) >= 11 is 0. The molecule has 0 aromatic carbocycles. The first-order valence-corrected chi connectivity index (χ1v) is 4.98. The lowest BCUT2D eigenvalue weighted by Crippen LogP contribution is -2.44. The van der Waals surface area contributed by atoms with E-state index in [4.69, 9.17) is 0 Å². The zero-order valence-corrected chi connectivity index (χ0v) is 8.80. The zero-order valence-electron chi connectivity index (χ0n) is 8.80. The molecule has 78 valence electrons. The van der Waals surface area contributed by atoms with Crippen LogP contribution in [0.15, 0.2) is 0 Å². The molecule has 1 aliphatic rings. The summed E-state index contributed by atoms with van der Waals surface area (Å²) < 4.78 is 0. The van der Waals surface area contributed by atoms with E-state index in [0.29, 0.717) is 17.7 Å². The fourth-order valence-electron chi connectivity index (χ4n) is 1.93. The van der Waals surface area contributed by atoms with E-state index in [9.17, 15) is 5.11 Å². The first-order chi connectivity index (χ1) is 6.51. The summed E-state index contributed by atoms with van der Waals surface area (Å²) in [6.07, 6.45) is 1.52. The number of hydrogen-bond acceptors (Lipinski definition) is 4. The SMILES string of the molecule is CC(C)C1CC(O)(c2nnn(C)n2)C1. The van der Waals surface area contributed by atoms with Gasteiger partial charge in [0.25, 0.3) is 0 Å². The van der Waals surface area contributed by atoms with Gasteiger partial charge in [-0.3, -0.25) is 0 Å². The van der Waals surface area contributed by atoms with Gasteiger partial charge in [0.2, 0.25) is 5.82 Å². The monoisotopic (exact) mass is 196 g/mol. The molecule has 0 unspecified atom stereocenters. The lowest BCUT2D eigenvalue weighted by molar-refractivity contribution is -0.1000. The summed E-state index contributed by atoms with van der Waals surface area (Å²) in [5.74, 6) is 1.67. The molecule has 1 aromatic heterocycles. The average molecular weight is 196 g/mol. The standard InChI is InChI=1S/C9H16N4O/c1-6(2)7-4-9(14,5-7)8-10-12-13(3)11-8/h6-7,14H,4-5H2,1-3H3. The Kier molecular flexibility index (Phi) is 2.06. The maximum atomic E-state index is 10.1. The van der Waals surface area contributed by atoms with Crippen molar-refractivity contribution >= 4 is 0 Å². The third-order valence-electron chi connectivity index (χ3n) is 3.07.